The second kappa shape index (κ2) is 12.0. The number of methoxy groups -OCH3 is 6. The van der Waals surface area contributed by atoms with Gasteiger partial charge in [0.1, 0.15) is 11.5 Å². The van der Waals surface area contributed by atoms with Crippen molar-refractivity contribution in [3.8, 4) is 34.5 Å². The third-order valence-electron chi connectivity index (χ3n) is 5.80. The topological polar surface area (TPSA) is 89.5 Å². The summed E-state index contributed by atoms with van der Waals surface area (Å²) in [4.78, 5) is 26.7. The third-order valence-corrected chi connectivity index (χ3v) is 5.80. The number of benzene rings is 3. The van der Waals surface area contributed by atoms with Crippen molar-refractivity contribution in [3.05, 3.63) is 70.8 Å². The van der Waals surface area contributed by atoms with E-state index in [1.165, 1.54) is 40.6 Å². The van der Waals surface area contributed by atoms with Crippen LogP contribution in [0.5, 0.6) is 34.5 Å². The van der Waals surface area contributed by atoms with Crippen LogP contribution in [0.1, 0.15) is 31.8 Å². The minimum absolute atomic E-state index is 0.164. The Morgan fingerprint density at radius 3 is 1.67 bits per heavy atom. The van der Waals surface area contributed by atoms with Crippen molar-refractivity contribution in [2.75, 3.05) is 42.7 Å². The Morgan fingerprint density at radius 1 is 0.556 bits per heavy atom. The van der Waals surface area contributed by atoms with E-state index >= 15 is 0 Å². The minimum Gasteiger partial charge on any atom is -0.497 e. The highest BCUT2D eigenvalue weighted by molar-refractivity contribution is 6.49. The quantitative estimate of drug-likeness (QED) is 0.267. The maximum Gasteiger partial charge on any atom is 0.233 e. The molecule has 0 aromatic heterocycles. The normalized spacial score (nSPS) is 10.4. The van der Waals surface area contributed by atoms with Crippen molar-refractivity contribution in [1.29, 1.82) is 0 Å². The summed E-state index contributed by atoms with van der Waals surface area (Å²) < 4.78 is 32.0. The van der Waals surface area contributed by atoms with Gasteiger partial charge in [-0.05, 0) is 60.4 Å². The second-order valence-electron chi connectivity index (χ2n) is 7.81. The van der Waals surface area contributed by atoms with E-state index in [1.807, 2.05) is 18.2 Å². The molecule has 0 saturated carbocycles. The first kappa shape index (κ1) is 26.4. The molecule has 0 aliphatic heterocycles. The van der Waals surface area contributed by atoms with Gasteiger partial charge in [0.2, 0.25) is 11.6 Å². The number of ketones is 2. The molecule has 36 heavy (non-hydrogen) atoms. The fourth-order valence-corrected chi connectivity index (χ4v) is 3.85. The molecule has 0 atom stereocenters. The third kappa shape index (κ3) is 5.71. The smallest absolute Gasteiger partial charge is 0.233 e. The van der Waals surface area contributed by atoms with E-state index in [0.29, 0.717) is 52.9 Å². The molecular weight excluding hydrogens is 464 g/mol. The van der Waals surface area contributed by atoms with E-state index in [9.17, 15) is 9.59 Å². The van der Waals surface area contributed by atoms with Gasteiger partial charge >= 0.3 is 0 Å². The Morgan fingerprint density at radius 2 is 1.11 bits per heavy atom. The predicted molar refractivity (Wildman–Crippen MR) is 135 cm³/mol. The average Bonchev–Trinajstić information content (AvgIpc) is 2.93. The number of ether oxygens (including phenoxy) is 6. The molecule has 0 N–H and O–H groups in total. The standard InChI is InChI=1S/C28H30O8/c1-31-20-12-19(13-21(15-20)32-2)27(29)28(30)22-16-26(36-6)25(35-5)14-18(22)9-7-17-8-10-23(33-3)24(11-17)34-4/h8,10-16H,7,9H2,1-6H3. The Balaban J connectivity index is 1.99. The van der Waals surface area contributed by atoms with Crippen LogP contribution in [-0.4, -0.2) is 54.2 Å². The number of hydrogen-bond donors (Lipinski definition) is 0. The lowest BCUT2D eigenvalue weighted by atomic mass is 9.93. The second-order valence-corrected chi connectivity index (χ2v) is 7.81. The maximum atomic E-state index is 13.5. The van der Waals surface area contributed by atoms with Gasteiger partial charge in [-0.25, -0.2) is 0 Å². The largest absolute Gasteiger partial charge is 0.497 e. The van der Waals surface area contributed by atoms with Crippen molar-refractivity contribution >= 4 is 11.6 Å². The number of Topliss-reactive ketones (excluding diaryl/α,β-unsaturated/α-hetero) is 2. The summed E-state index contributed by atoms with van der Waals surface area (Å²) in [5.41, 5.74) is 2.03. The molecule has 3 aromatic carbocycles. The molecule has 0 amide bonds. The molecule has 0 bridgehead atoms. The molecule has 3 rings (SSSR count). The molecule has 8 nitrogen and oxygen atoms in total. The molecule has 0 aliphatic rings. The molecule has 190 valence electrons. The zero-order valence-electron chi connectivity index (χ0n) is 21.3. The summed E-state index contributed by atoms with van der Waals surface area (Å²) >= 11 is 0. The van der Waals surface area contributed by atoms with Crippen molar-refractivity contribution in [1.82, 2.24) is 0 Å². The summed E-state index contributed by atoms with van der Waals surface area (Å²) in [6.07, 6.45) is 1.04. The van der Waals surface area contributed by atoms with E-state index in [-0.39, 0.29) is 11.1 Å². The van der Waals surface area contributed by atoms with Gasteiger partial charge in [-0.1, -0.05) is 6.07 Å². The van der Waals surface area contributed by atoms with Crippen molar-refractivity contribution in [2.24, 2.45) is 0 Å². The summed E-state index contributed by atoms with van der Waals surface area (Å²) in [5, 5.41) is 0. The number of carbonyl (C=O) groups is 2. The van der Waals surface area contributed by atoms with Gasteiger partial charge in [-0.15, -0.1) is 0 Å². The van der Waals surface area contributed by atoms with E-state index in [1.54, 1.807) is 32.4 Å². The van der Waals surface area contributed by atoms with Crippen LogP contribution < -0.4 is 28.4 Å². The van der Waals surface area contributed by atoms with E-state index in [0.717, 1.165) is 5.56 Å². The molecule has 0 heterocycles. The highest BCUT2D eigenvalue weighted by atomic mass is 16.5. The summed E-state index contributed by atoms with van der Waals surface area (Å²) in [6.45, 7) is 0. The lowest BCUT2D eigenvalue weighted by Crippen LogP contribution is -2.17. The highest BCUT2D eigenvalue weighted by Gasteiger charge is 2.25. The predicted octanol–water partition coefficient (Wildman–Crippen LogP) is 4.59. The number of aryl methyl sites for hydroxylation is 2. The molecule has 3 aromatic rings. The van der Waals surface area contributed by atoms with E-state index < -0.39 is 11.6 Å². The number of hydrogen-bond acceptors (Lipinski definition) is 8. The van der Waals surface area contributed by atoms with Gasteiger partial charge in [-0.2, -0.15) is 0 Å². The maximum absolute atomic E-state index is 13.5. The van der Waals surface area contributed by atoms with Crippen LogP contribution in [-0.2, 0) is 12.8 Å². The van der Waals surface area contributed by atoms with Gasteiger partial charge in [-0.3, -0.25) is 9.59 Å². The average molecular weight is 495 g/mol. The molecule has 8 heteroatoms. The van der Waals surface area contributed by atoms with Gasteiger partial charge < -0.3 is 28.4 Å². The fraction of sp³-hybridized carbons (Fsp3) is 0.286. The Bertz CT molecular complexity index is 1230. The molecular formula is C28H30O8. The molecule has 0 spiro atoms. The summed E-state index contributed by atoms with van der Waals surface area (Å²) in [6, 6.07) is 13.6. The number of carbonyl (C=O) groups excluding carboxylic acids is 2. The molecule has 0 unspecified atom stereocenters. The lowest BCUT2D eigenvalue weighted by molar-refractivity contribution is 0.0816. The number of rotatable bonds is 12. The van der Waals surface area contributed by atoms with Crippen molar-refractivity contribution in [3.63, 3.8) is 0 Å². The van der Waals surface area contributed by atoms with Gasteiger partial charge in [0.05, 0.1) is 42.7 Å². The van der Waals surface area contributed by atoms with Gasteiger partial charge in [0.25, 0.3) is 0 Å². The molecule has 0 fully saturated rings. The first-order valence-corrected chi connectivity index (χ1v) is 11.2. The monoisotopic (exact) mass is 494 g/mol. The Kier molecular flexibility index (Phi) is 8.78. The Hall–Kier alpha value is -4.20. The zero-order valence-corrected chi connectivity index (χ0v) is 21.3. The van der Waals surface area contributed by atoms with Crippen LogP contribution in [0.2, 0.25) is 0 Å². The summed E-state index contributed by atoms with van der Waals surface area (Å²) in [5.74, 6) is 1.51. The lowest BCUT2D eigenvalue weighted by Gasteiger charge is -2.15. The Labute approximate surface area is 210 Å². The summed E-state index contributed by atoms with van der Waals surface area (Å²) in [7, 11) is 9.10. The van der Waals surface area contributed by atoms with Crippen molar-refractivity contribution in [2.45, 2.75) is 12.8 Å². The first-order chi connectivity index (χ1) is 17.4. The van der Waals surface area contributed by atoms with Crippen LogP contribution in [0.4, 0.5) is 0 Å². The van der Waals surface area contributed by atoms with Crippen LogP contribution in [0.25, 0.3) is 0 Å². The minimum atomic E-state index is -0.688. The van der Waals surface area contributed by atoms with Crippen LogP contribution >= 0.6 is 0 Å². The van der Waals surface area contributed by atoms with Crippen LogP contribution in [0, 0.1) is 0 Å². The molecule has 0 aliphatic carbocycles. The molecule has 0 saturated heterocycles. The van der Waals surface area contributed by atoms with E-state index in [4.69, 9.17) is 28.4 Å². The molecule has 0 radical (unpaired) electrons. The van der Waals surface area contributed by atoms with Crippen molar-refractivity contribution < 1.29 is 38.0 Å². The van der Waals surface area contributed by atoms with Gasteiger partial charge in [0, 0.05) is 17.2 Å². The van der Waals surface area contributed by atoms with Crippen LogP contribution in [0.15, 0.2) is 48.5 Å². The highest BCUT2D eigenvalue weighted by Crippen LogP contribution is 2.33. The van der Waals surface area contributed by atoms with Gasteiger partial charge in [0.15, 0.2) is 23.0 Å². The first-order valence-electron chi connectivity index (χ1n) is 11.2. The van der Waals surface area contributed by atoms with E-state index in [2.05, 4.69) is 0 Å². The zero-order chi connectivity index (χ0) is 26.2. The van der Waals surface area contributed by atoms with Crippen LogP contribution in [0.3, 0.4) is 0 Å². The SMILES string of the molecule is COc1cc(OC)cc(C(=O)C(=O)c2cc(OC)c(OC)cc2CCc2ccc(OC)c(OC)c2)c1. The fourth-order valence-electron chi connectivity index (χ4n) is 3.85.